The number of phenols is 1. The van der Waals surface area contributed by atoms with Gasteiger partial charge in [-0.25, -0.2) is 0 Å². The molecule has 1 amide bonds. The first-order valence-electron chi connectivity index (χ1n) is 9.45. The van der Waals surface area contributed by atoms with Crippen LogP contribution in [0.4, 0.5) is 0 Å². The Labute approximate surface area is 181 Å². The maximum absolute atomic E-state index is 13.4. The van der Waals surface area contributed by atoms with E-state index < -0.39 is 0 Å². The van der Waals surface area contributed by atoms with Gasteiger partial charge in [0.15, 0.2) is 0 Å². The van der Waals surface area contributed by atoms with Crippen LogP contribution in [0.15, 0.2) is 77.5 Å². The molecule has 1 atom stereocenters. The number of fused-ring (bicyclic) bond motifs is 1. The Morgan fingerprint density at radius 1 is 1.07 bits per heavy atom. The molecule has 3 heterocycles. The molecule has 0 saturated heterocycles. The van der Waals surface area contributed by atoms with E-state index in [0.29, 0.717) is 23.5 Å². The van der Waals surface area contributed by atoms with Gasteiger partial charge in [0.1, 0.15) is 17.1 Å². The van der Waals surface area contributed by atoms with Crippen LogP contribution >= 0.6 is 15.9 Å². The van der Waals surface area contributed by atoms with Gasteiger partial charge in [-0.3, -0.25) is 14.9 Å². The van der Waals surface area contributed by atoms with Crippen molar-refractivity contribution in [2.24, 2.45) is 0 Å². The molecule has 5 rings (SSSR count). The largest absolute Gasteiger partial charge is 0.507 e. The number of aromatic amines is 1. The van der Waals surface area contributed by atoms with Gasteiger partial charge in [-0.15, -0.1) is 0 Å². The number of para-hydroxylation sites is 1. The third-order valence-corrected chi connectivity index (χ3v) is 5.78. The number of phenolic OH excluding ortho intramolecular Hbond substituents is 1. The van der Waals surface area contributed by atoms with Gasteiger partial charge in [0.2, 0.25) is 0 Å². The second-order valence-corrected chi connectivity index (χ2v) is 8.04. The van der Waals surface area contributed by atoms with Crippen molar-refractivity contribution in [2.75, 3.05) is 0 Å². The molecule has 1 aliphatic rings. The van der Waals surface area contributed by atoms with Crippen molar-refractivity contribution >= 4 is 21.8 Å². The summed E-state index contributed by atoms with van der Waals surface area (Å²) in [5, 5.41) is 17.7. The van der Waals surface area contributed by atoms with E-state index in [9.17, 15) is 9.90 Å². The lowest BCUT2D eigenvalue weighted by atomic mass is 9.95. The third-order valence-electron chi connectivity index (χ3n) is 5.29. The molecule has 0 saturated carbocycles. The first-order valence-corrected chi connectivity index (χ1v) is 10.2. The number of benzene rings is 2. The zero-order chi connectivity index (χ0) is 20.7. The van der Waals surface area contributed by atoms with Crippen LogP contribution in [0.5, 0.6) is 5.75 Å². The maximum Gasteiger partial charge on any atom is 0.273 e. The molecule has 4 aromatic rings. The Morgan fingerprint density at radius 3 is 2.63 bits per heavy atom. The second-order valence-electron chi connectivity index (χ2n) is 7.12. The molecular formula is C23H17BrN4O2. The Bertz CT molecular complexity index is 1240. The number of aromatic hydroxyl groups is 1. The van der Waals surface area contributed by atoms with Crippen molar-refractivity contribution < 1.29 is 9.90 Å². The van der Waals surface area contributed by atoms with Crippen molar-refractivity contribution in [3.05, 3.63) is 99.9 Å². The van der Waals surface area contributed by atoms with Crippen LogP contribution in [0, 0.1) is 0 Å². The molecule has 2 aromatic heterocycles. The molecule has 0 radical (unpaired) electrons. The van der Waals surface area contributed by atoms with E-state index in [4.69, 9.17) is 0 Å². The van der Waals surface area contributed by atoms with Crippen LogP contribution in [0.1, 0.15) is 33.2 Å². The predicted molar refractivity (Wildman–Crippen MR) is 116 cm³/mol. The quantitative estimate of drug-likeness (QED) is 0.462. The number of hydrogen-bond donors (Lipinski definition) is 2. The summed E-state index contributed by atoms with van der Waals surface area (Å²) in [5.41, 5.74) is 4.34. The van der Waals surface area contributed by atoms with E-state index >= 15 is 0 Å². The van der Waals surface area contributed by atoms with E-state index in [1.165, 1.54) is 0 Å². The molecule has 0 aliphatic carbocycles. The Kier molecular flexibility index (Phi) is 4.59. The fourth-order valence-corrected chi connectivity index (χ4v) is 4.36. The second kappa shape index (κ2) is 7.42. The average Bonchev–Trinajstić information content (AvgIpc) is 3.29. The minimum atomic E-state index is -0.341. The summed E-state index contributed by atoms with van der Waals surface area (Å²) in [4.78, 5) is 19.3. The summed E-state index contributed by atoms with van der Waals surface area (Å²) in [6, 6.07) is 18.4. The van der Waals surface area contributed by atoms with E-state index in [2.05, 4.69) is 31.1 Å². The average molecular weight is 461 g/mol. The number of aromatic nitrogens is 3. The molecule has 2 N–H and O–H groups in total. The molecule has 0 spiro atoms. The zero-order valence-corrected chi connectivity index (χ0v) is 17.4. The molecule has 6 nitrogen and oxygen atoms in total. The van der Waals surface area contributed by atoms with Crippen LogP contribution in [-0.4, -0.2) is 31.1 Å². The van der Waals surface area contributed by atoms with Crippen LogP contribution in [0.2, 0.25) is 0 Å². The highest BCUT2D eigenvalue weighted by Gasteiger charge is 2.42. The van der Waals surface area contributed by atoms with Gasteiger partial charge in [0, 0.05) is 34.5 Å². The van der Waals surface area contributed by atoms with Gasteiger partial charge in [-0.1, -0.05) is 40.2 Å². The van der Waals surface area contributed by atoms with Crippen LogP contribution in [0.25, 0.3) is 11.3 Å². The van der Waals surface area contributed by atoms with Crippen molar-refractivity contribution in [1.82, 2.24) is 20.1 Å². The minimum Gasteiger partial charge on any atom is -0.507 e. The van der Waals surface area contributed by atoms with Gasteiger partial charge < -0.3 is 10.0 Å². The number of H-pyrrole nitrogens is 1. The van der Waals surface area contributed by atoms with Crippen molar-refractivity contribution in [3.63, 3.8) is 0 Å². The summed E-state index contributed by atoms with van der Waals surface area (Å²) >= 11 is 3.54. The van der Waals surface area contributed by atoms with Crippen LogP contribution in [0.3, 0.4) is 0 Å². The lowest BCUT2D eigenvalue weighted by Crippen LogP contribution is -2.29. The normalized spacial score (nSPS) is 15.4. The number of carbonyl (C=O) groups excluding carboxylic acids is 1. The van der Waals surface area contributed by atoms with Crippen LogP contribution < -0.4 is 0 Å². The molecule has 0 bridgehead atoms. The van der Waals surface area contributed by atoms with Crippen molar-refractivity contribution in [1.29, 1.82) is 0 Å². The van der Waals surface area contributed by atoms with E-state index in [0.717, 1.165) is 21.2 Å². The van der Waals surface area contributed by atoms with E-state index in [1.807, 2.05) is 47.4 Å². The minimum absolute atomic E-state index is 0.124. The topological polar surface area (TPSA) is 82.1 Å². The van der Waals surface area contributed by atoms with E-state index in [1.54, 1.807) is 30.6 Å². The fraction of sp³-hybridized carbons (Fsp3) is 0.0870. The fourth-order valence-electron chi connectivity index (χ4n) is 3.95. The standard InChI is InChI=1S/C23H17BrN4O2/c24-16-5-3-4-15(12-16)22-19-20(17-6-1-2-7-18(17)29)26-27-21(19)23(30)28(22)13-14-8-10-25-11-9-14/h1-12,22,29H,13H2,(H,26,27)/t22-/m1/s1. The first-order chi connectivity index (χ1) is 14.6. The summed E-state index contributed by atoms with van der Waals surface area (Å²) in [5.74, 6) is 0.000726. The first kappa shape index (κ1) is 18.6. The third kappa shape index (κ3) is 3.07. The number of hydrogen-bond acceptors (Lipinski definition) is 4. The molecule has 1 aliphatic heterocycles. The lowest BCUT2D eigenvalue weighted by Gasteiger charge is -2.26. The number of halogens is 1. The highest BCUT2D eigenvalue weighted by molar-refractivity contribution is 9.10. The number of rotatable bonds is 4. The molecular weight excluding hydrogens is 444 g/mol. The summed E-state index contributed by atoms with van der Waals surface area (Å²) in [7, 11) is 0. The SMILES string of the molecule is O=C1c2[nH]nc(-c3ccccc3O)c2[C@@H](c2cccc(Br)c2)N1Cc1ccncc1. The van der Waals surface area contributed by atoms with Gasteiger partial charge in [-0.2, -0.15) is 5.10 Å². The Balaban J connectivity index is 1.68. The van der Waals surface area contributed by atoms with Crippen molar-refractivity contribution in [3.8, 4) is 17.0 Å². The molecule has 0 unspecified atom stereocenters. The van der Waals surface area contributed by atoms with Crippen molar-refractivity contribution in [2.45, 2.75) is 12.6 Å². The van der Waals surface area contributed by atoms with Gasteiger partial charge in [0.05, 0.1) is 6.04 Å². The summed E-state index contributed by atoms with van der Waals surface area (Å²) in [6.45, 7) is 0.432. The highest BCUT2D eigenvalue weighted by Crippen LogP contribution is 2.45. The number of amides is 1. The molecule has 148 valence electrons. The number of nitrogens with one attached hydrogen (secondary N) is 1. The molecule has 7 heteroatoms. The summed E-state index contributed by atoms with van der Waals surface area (Å²) in [6.07, 6.45) is 3.44. The smallest absolute Gasteiger partial charge is 0.273 e. The summed E-state index contributed by atoms with van der Waals surface area (Å²) < 4.78 is 0.928. The monoisotopic (exact) mass is 460 g/mol. The predicted octanol–water partition coefficient (Wildman–Crippen LogP) is 4.69. The van der Waals surface area contributed by atoms with Gasteiger partial charge in [-0.05, 0) is 47.5 Å². The number of pyridine rings is 1. The van der Waals surface area contributed by atoms with Gasteiger partial charge in [0.25, 0.3) is 5.91 Å². The number of nitrogens with zero attached hydrogens (tertiary/aromatic N) is 3. The van der Waals surface area contributed by atoms with E-state index in [-0.39, 0.29) is 17.7 Å². The van der Waals surface area contributed by atoms with Gasteiger partial charge >= 0.3 is 0 Å². The Morgan fingerprint density at radius 2 is 1.87 bits per heavy atom. The lowest BCUT2D eigenvalue weighted by molar-refractivity contribution is 0.0730. The van der Waals surface area contributed by atoms with Crippen LogP contribution in [-0.2, 0) is 6.54 Å². The zero-order valence-electron chi connectivity index (χ0n) is 15.8. The molecule has 0 fully saturated rings. The maximum atomic E-state index is 13.4. The highest BCUT2D eigenvalue weighted by atomic mass is 79.9. The Hall–Kier alpha value is -3.45. The molecule has 30 heavy (non-hydrogen) atoms. The number of carbonyl (C=O) groups is 1. The molecule has 2 aromatic carbocycles.